The Morgan fingerprint density at radius 1 is 1.00 bits per heavy atom. The number of hydrogen-bond donors (Lipinski definition) is 0. The molecule has 0 N–H and O–H groups in total. The monoisotopic (exact) mass is 261 g/mol. The lowest BCUT2D eigenvalue weighted by Gasteiger charge is -2.07. The molecule has 76 valence electrons. The molecule has 2 rings (SSSR count). The zero-order valence-corrected chi connectivity index (χ0v) is 10.4. The van der Waals surface area contributed by atoms with Crippen LogP contribution in [0.2, 0.25) is 0 Å². The van der Waals surface area contributed by atoms with Gasteiger partial charge in [-0.2, -0.15) is 0 Å². The first-order valence-corrected chi connectivity index (χ1v) is 5.67. The lowest BCUT2D eigenvalue weighted by atomic mass is 10.0. The molecule has 2 aromatic rings. The van der Waals surface area contributed by atoms with Crippen molar-refractivity contribution in [3.05, 3.63) is 52.3 Å². The van der Waals surface area contributed by atoms with Crippen LogP contribution in [0.4, 0.5) is 0 Å². The average Bonchev–Trinajstić information content (AvgIpc) is 2.25. The van der Waals surface area contributed by atoms with E-state index in [4.69, 9.17) is 0 Å². The minimum Gasteiger partial charge on any atom is -0.257 e. The van der Waals surface area contributed by atoms with Crippen LogP contribution < -0.4 is 0 Å². The number of aromatic nitrogens is 1. The summed E-state index contributed by atoms with van der Waals surface area (Å²) >= 11 is 3.51. The van der Waals surface area contributed by atoms with Gasteiger partial charge >= 0.3 is 0 Å². The van der Waals surface area contributed by atoms with Crippen molar-refractivity contribution in [3.63, 3.8) is 0 Å². The highest BCUT2D eigenvalue weighted by Gasteiger charge is 2.05. The highest BCUT2D eigenvalue weighted by atomic mass is 79.9. The van der Waals surface area contributed by atoms with Crippen LogP contribution in [0.15, 0.2) is 40.9 Å². The average molecular weight is 262 g/mol. The molecule has 1 heterocycles. The third-order valence-corrected chi connectivity index (χ3v) is 3.23. The van der Waals surface area contributed by atoms with E-state index >= 15 is 0 Å². The Morgan fingerprint density at radius 2 is 1.67 bits per heavy atom. The van der Waals surface area contributed by atoms with Crippen molar-refractivity contribution in [2.75, 3.05) is 0 Å². The topological polar surface area (TPSA) is 12.9 Å². The first kappa shape index (κ1) is 10.4. The Labute approximate surface area is 98.3 Å². The predicted octanol–water partition coefficient (Wildman–Crippen LogP) is 4.13. The maximum absolute atomic E-state index is 4.50. The largest absolute Gasteiger partial charge is 0.257 e. The van der Waals surface area contributed by atoms with Crippen LogP contribution in [-0.2, 0) is 0 Å². The van der Waals surface area contributed by atoms with Gasteiger partial charge in [-0.3, -0.25) is 4.98 Å². The molecule has 0 aliphatic rings. The fraction of sp³-hybridized carbons (Fsp3) is 0.154. The molecule has 1 nitrogen and oxygen atoms in total. The summed E-state index contributed by atoms with van der Waals surface area (Å²) in [6.07, 6.45) is 0. The zero-order valence-electron chi connectivity index (χ0n) is 8.79. The van der Waals surface area contributed by atoms with E-state index in [0.29, 0.717) is 0 Å². The summed E-state index contributed by atoms with van der Waals surface area (Å²) in [5, 5.41) is 0. The highest BCUT2D eigenvalue weighted by Crippen LogP contribution is 2.26. The first-order valence-electron chi connectivity index (χ1n) is 4.87. The van der Waals surface area contributed by atoms with Crippen LogP contribution in [0.1, 0.15) is 11.4 Å². The first-order chi connectivity index (χ1) is 7.18. The molecule has 0 atom stereocenters. The summed E-state index contributed by atoms with van der Waals surface area (Å²) in [4.78, 5) is 4.50. The van der Waals surface area contributed by atoms with Gasteiger partial charge in [-0.05, 0) is 41.4 Å². The Hall–Kier alpha value is -1.15. The summed E-state index contributed by atoms with van der Waals surface area (Å²) in [7, 11) is 0. The minimum absolute atomic E-state index is 1.03. The quantitative estimate of drug-likeness (QED) is 0.753. The van der Waals surface area contributed by atoms with Gasteiger partial charge in [0.15, 0.2) is 0 Å². The van der Waals surface area contributed by atoms with E-state index in [1.807, 2.05) is 32.0 Å². The lowest BCUT2D eigenvalue weighted by molar-refractivity contribution is 1.11. The van der Waals surface area contributed by atoms with Crippen LogP contribution in [0.5, 0.6) is 0 Å². The van der Waals surface area contributed by atoms with Crippen molar-refractivity contribution in [3.8, 4) is 11.1 Å². The van der Waals surface area contributed by atoms with E-state index < -0.39 is 0 Å². The number of rotatable bonds is 1. The van der Waals surface area contributed by atoms with Gasteiger partial charge in [0, 0.05) is 15.7 Å². The third kappa shape index (κ3) is 2.10. The molecular weight excluding hydrogens is 250 g/mol. The number of hydrogen-bond acceptors (Lipinski definition) is 1. The Kier molecular flexibility index (Phi) is 2.87. The van der Waals surface area contributed by atoms with Gasteiger partial charge in [-0.15, -0.1) is 0 Å². The van der Waals surface area contributed by atoms with Crippen molar-refractivity contribution in [2.24, 2.45) is 0 Å². The van der Waals surface area contributed by atoms with Crippen molar-refractivity contribution in [1.29, 1.82) is 0 Å². The lowest BCUT2D eigenvalue weighted by Crippen LogP contribution is -1.91. The van der Waals surface area contributed by atoms with Crippen molar-refractivity contribution < 1.29 is 0 Å². The number of halogens is 1. The molecule has 0 saturated heterocycles. The molecule has 0 radical (unpaired) electrons. The second-order valence-electron chi connectivity index (χ2n) is 3.55. The molecule has 0 fully saturated rings. The van der Waals surface area contributed by atoms with Crippen LogP contribution >= 0.6 is 15.9 Å². The smallest absolute Gasteiger partial charge is 0.0518 e. The molecule has 1 aromatic carbocycles. The van der Waals surface area contributed by atoms with Gasteiger partial charge in [0.25, 0.3) is 0 Å². The van der Waals surface area contributed by atoms with Gasteiger partial charge in [0.1, 0.15) is 0 Å². The molecule has 0 bridgehead atoms. The second kappa shape index (κ2) is 4.15. The van der Waals surface area contributed by atoms with Crippen LogP contribution in [0, 0.1) is 13.8 Å². The molecule has 0 aliphatic carbocycles. The fourth-order valence-corrected chi connectivity index (χ4v) is 1.93. The van der Waals surface area contributed by atoms with Gasteiger partial charge in [-0.25, -0.2) is 0 Å². The van der Waals surface area contributed by atoms with Crippen molar-refractivity contribution in [2.45, 2.75) is 13.8 Å². The fourth-order valence-electron chi connectivity index (χ4n) is 1.61. The summed E-state index contributed by atoms with van der Waals surface area (Å²) in [6.45, 7) is 4.05. The molecule has 2 heteroatoms. The molecule has 0 saturated carbocycles. The van der Waals surface area contributed by atoms with Gasteiger partial charge in [0.2, 0.25) is 0 Å². The molecule has 15 heavy (non-hydrogen) atoms. The molecule has 0 spiro atoms. The van der Waals surface area contributed by atoms with E-state index in [1.54, 1.807) is 0 Å². The van der Waals surface area contributed by atoms with E-state index in [1.165, 1.54) is 11.1 Å². The van der Waals surface area contributed by atoms with Crippen LogP contribution in [-0.4, -0.2) is 4.98 Å². The summed E-state index contributed by atoms with van der Waals surface area (Å²) in [5.74, 6) is 0. The Balaban J connectivity index is 2.59. The Morgan fingerprint density at radius 3 is 2.33 bits per heavy atom. The number of benzene rings is 1. The Bertz CT molecular complexity index is 477. The summed E-state index contributed by atoms with van der Waals surface area (Å²) < 4.78 is 1.06. The van der Waals surface area contributed by atoms with E-state index in [0.717, 1.165) is 15.9 Å². The maximum atomic E-state index is 4.50. The third-order valence-electron chi connectivity index (χ3n) is 2.43. The number of aryl methyl sites for hydroxylation is 2. The molecule has 0 unspecified atom stereocenters. The molecule has 1 aromatic heterocycles. The van der Waals surface area contributed by atoms with Gasteiger partial charge in [0.05, 0.1) is 5.69 Å². The van der Waals surface area contributed by atoms with Gasteiger partial charge in [-0.1, -0.05) is 30.3 Å². The number of pyridine rings is 1. The van der Waals surface area contributed by atoms with E-state index in [9.17, 15) is 0 Å². The van der Waals surface area contributed by atoms with Crippen molar-refractivity contribution >= 4 is 15.9 Å². The molecule has 0 amide bonds. The molecular formula is C13H12BrN. The van der Waals surface area contributed by atoms with E-state index in [-0.39, 0.29) is 0 Å². The predicted molar refractivity (Wildman–Crippen MR) is 66.8 cm³/mol. The normalized spacial score (nSPS) is 10.3. The summed E-state index contributed by atoms with van der Waals surface area (Å²) in [5.41, 5.74) is 4.50. The van der Waals surface area contributed by atoms with E-state index in [2.05, 4.69) is 39.1 Å². The second-order valence-corrected chi connectivity index (χ2v) is 4.41. The number of nitrogens with zero attached hydrogens (tertiary/aromatic N) is 1. The standard InChI is InChI=1S/C13H12BrN/c1-9-12(8-13(14)10(2)15-9)11-6-4-3-5-7-11/h3-8H,1-2H3. The van der Waals surface area contributed by atoms with Crippen molar-refractivity contribution in [1.82, 2.24) is 4.98 Å². The zero-order chi connectivity index (χ0) is 10.8. The van der Waals surface area contributed by atoms with Gasteiger partial charge < -0.3 is 0 Å². The van der Waals surface area contributed by atoms with Crippen LogP contribution in [0.3, 0.4) is 0 Å². The SMILES string of the molecule is Cc1nc(C)c(-c2ccccc2)cc1Br. The molecule has 0 aliphatic heterocycles. The minimum atomic E-state index is 1.03. The maximum Gasteiger partial charge on any atom is 0.0518 e. The summed E-state index contributed by atoms with van der Waals surface area (Å²) in [6, 6.07) is 12.4. The van der Waals surface area contributed by atoms with Crippen LogP contribution in [0.25, 0.3) is 11.1 Å². The highest BCUT2D eigenvalue weighted by molar-refractivity contribution is 9.10.